The zero-order valence-corrected chi connectivity index (χ0v) is 21.5. The lowest BCUT2D eigenvalue weighted by molar-refractivity contribution is -0.113. The number of aryl methyl sites for hydroxylation is 1. The van der Waals surface area contributed by atoms with Gasteiger partial charge in [0.1, 0.15) is 0 Å². The van der Waals surface area contributed by atoms with E-state index in [4.69, 9.17) is 0 Å². The van der Waals surface area contributed by atoms with Gasteiger partial charge in [-0.15, -0.1) is 0 Å². The molecule has 1 aliphatic carbocycles. The number of Topliss-reactive ketones (excluding diaryl/α,β-unsaturated/α-hetero) is 1. The Bertz CT molecular complexity index is 1570. The van der Waals surface area contributed by atoms with Crippen molar-refractivity contribution in [3.05, 3.63) is 107 Å². The minimum atomic E-state index is -0.250. The number of aromatic nitrogens is 3. The molecule has 6 rings (SSSR count). The Morgan fingerprint density at radius 2 is 1.82 bits per heavy atom. The summed E-state index contributed by atoms with van der Waals surface area (Å²) in [5, 5.41) is 8.38. The van der Waals surface area contributed by atoms with Crippen molar-refractivity contribution in [2.45, 2.75) is 39.3 Å². The summed E-state index contributed by atoms with van der Waals surface area (Å²) in [5.41, 5.74) is 7.04. The van der Waals surface area contributed by atoms with Crippen molar-refractivity contribution in [3.63, 3.8) is 0 Å². The highest BCUT2D eigenvalue weighted by atomic mass is 16.1. The van der Waals surface area contributed by atoms with Crippen molar-refractivity contribution in [1.82, 2.24) is 25.0 Å². The predicted octanol–water partition coefficient (Wildman–Crippen LogP) is 4.99. The monoisotopic (exact) mass is 505 g/mol. The average molecular weight is 506 g/mol. The van der Waals surface area contributed by atoms with Crippen LogP contribution in [0.5, 0.6) is 0 Å². The van der Waals surface area contributed by atoms with E-state index < -0.39 is 0 Å². The number of nitrogens with one attached hydrogen (secondary N) is 2. The van der Waals surface area contributed by atoms with E-state index in [0.29, 0.717) is 23.4 Å². The van der Waals surface area contributed by atoms with E-state index in [1.165, 1.54) is 24.0 Å². The maximum atomic E-state index is 12.9. The molecule has 2 aromatic carbocycles. The van der Waals surface area contributed by atoms with Crippen LogP contribution in [0.2, 0.25) is 0 Å². The highest BCUT2D eigenvalue weighted by Crippen LogP contribution is 2.27. The molecule has 0 saturated carbocycles. The molecular weight excluding hydrogens is 474 g/mol. The molecule has 7 heteroatoms. The number of amides is 1. The largest absolute Gasteiger partial charge is 0.354 e. The second-order valence-electron chi connectivity index (χ2n) is 10.3. The van der Waals surface area contributed by atoms with Crippen LogP contribution < -0.4 is 5.32 Å². The third-order valence-electron chi connectivity index (χ3n) is 7.31. The molecule has 0 atom stereocenters. The van der Waals surface area contributed by atoms with Crippen LogP contribution in [0.15, 0.2) is 78.8 Å². The highest BCUT2D eigenvalue weighted by Gasteiger charge is 2.20. The van der Waals surface area contributed by atoms with Gasteiger partial charge in [0, 0.05) is 41.3 Å². The molecular formula is C31H31N5O2. The van der Waals surface area contributed by atoms with Crippen LogP contribution in [0.25, 0.3) is 16.5 Å². The molecule has 1 amide bonds. The van der Waals surface area contributed by atoms with Crippen LogP contribution in [0, 0.1) is 6.92 Å². The van der Waals surface area contributed by atoms with E-state index >= 15 is 0 Å². The number of aromatic amines is 1. The second kappa shape index (κ2) is 10.3. The number of carbonyl (C=O) groups is 2. The van der Waals surface area contributed by atoms with Crippen LogP contribution in [-0.2, 0) is 17.9 Å². The fourth-order valence-electron chi connectivity index (χ4n) is 5.20. The number of fused-ring (bicyclic) bond motifs is 1. The smallest absolute Gasteiger partial charge is 0.258 e. The van der Waals surface area contributed by atoms with E-state index in [2.05, 4.69) is 69.7 Å². The zero-order chi connectivity index (χ0) is 26.1. The van der Waals surface area contributed by atoms with Crippen LogP contribution in [0.3, 0.4) is 0 Å². The Morgan fingerprint density at radius 3 is 2.63 bits per heavy atom. The van der Waals surface area contributed by atoms with E-state index in [0.717, 1.165) is 41.8 Å². The second-order valence-corrected chi connectivity index (χ2v) is 10.3. The molecule has 38 heavy (non-hydrogen) atoms. The number of carbonyl (C=O) groups excluding carboxylic acids is 2. The Labute approximate surface area is 221 Å². The summed E-state index contributed by atoms with van der Waals surface area (Å²) >= 11 is 0. The summed E-state index contributed by atoms with van der Waals surface area (Å²) in [6.07, 6.45) is 9.62. The van der Waals surface area contributed by atoms with Gasteiger partial charge in [0.2, 0.25) is 0 Å². The maximum absolute atomic E-state index is 12.9. The average Bonchev–Trinajstić information content (AvgIpc) is 3.68. The molecule has 0 radical (unpaired) electrons. The lowest BCUT2D eigenvalue weighted by Gasteiger charge is -2.14. The molecule has 192 valence electrons. The molecule has 0 bridgehead atoms. The van der Waals surface area contributed by atoms with E-state index in [9.17, 15) is 9.59 Å². The third-order valence-corrected chi connectivity index (χ3v) is 7.31. The number of likely N-dealkylation sites (tertiary alicyclic amines) is 1. The van der Waals surface area contributed by atoms with E-state index in [1.807, 2.05) is 6.07 Å². The summed E-state index contributed by atoms with van der Waals surface area (Å²) < 4.78 is 1.75. The summed E-state index contributed by atoms with van der Waals surface area (Å²) in [6, 6.07) is 16.7. The number of nitrogens with zero attached hydrogens (tertiary/aromatic N) is 3. The predicted molar refractivity (Wildman–Crippen MR) is 148 cm³/mol. The van der Waals surface area contributed by atoms with Crippen molar-refractivity contribution in [1.29, 1.82) is 0 Å². The van der Waals surface area contributed by atoms with Gasteiger partial charge in [-0.1, -0.05) is 42.0 Å². The molecule has 4 aromatic rings. The quantitative estimate of drug-likeness (QED) is 0.371. The number of rotatable bonds is 7. The van der Waals surface area contributed by atoms with Crippen LogP contribution in [-0.4, -0.2) is 44.4 Å². The topological polar surface area (TPSA) is 83.0 Å². The van der Waals surface area contributed by atoms with E-state index in [1.54, 1.807) is 29.2 Å². The minimum absolute atomic E-state index is 0.0257. The van der Waals surface area contributed by atoms with Gasteiger partial charge >= 0.3 is 0 Å². The molecule has 1 saturated heterocycles. The minimum Gasteiger partial charge on any atom is -0.354 e. The summed E-state index contributed by atoms with van der Waals surface area (Å²) in [5.74, 6) is -0.225. The van der Waals surface area contributed by atoms with E-state index in [-0.39, 0.29) is 18.1 Å². The number of benzene rings is 2. The van der Waals surface area contributed by atoms with Gasteiger partial charge in [-0.3, -0.25) is 19.2 Å². The van der Waals surface area contributed by atoms with Gasteiger partial charge in [0.15, 0.2) is 5.78 Å². The lowest BCUT2D eigenvalue weighted by Crippen LogP contribution is -2.23. The van der Waals surface area contributed by atoms with Crippen LogP contribution >= 0.6 is 0 Å². The molecule has 2 N–H and O–H groups in total. The molecule has 7 nitrogen and oxygen atoms in total. The molecule has 1 aliphatic heterocycles. The maximum Gasteiger partial charge on any atom is 0.258 e. The molecule has 0 unspecified atom stereocenters. The summed E-state index contributed by atoms with van der Waals surface area (Å²) in [4.78, 5) is 31.6. The highest BCUT2D eigenvalue weighted by molar-refractivity contribution is 6.23. The standard InChI is InChI=1S/C31H31N5O2/c1-21-4-6-22(7-5-21)19-36-20-25(17-32-36)31(38)33-26-9-11-30(37)27(16-26)29-15-24-14-23(8-10-28(24)34-29)18-35-12-2-3-13-35/h4-10,14-17,20,34H,2-3,11-13,18-19H2,1H3,(H,33,38). The Morgan fingerprint density at radius 1 is 1.03 bits per heavy atom. The van der Waals surface area contributed by atoms with Gasteiger partial charge in [-0.2, -0.15) is 5.10 Å². The van der Waals surface area contributed by atoms with Crippen molar-refractivity contribution in [2.75, 3.05) is 13.1 Å². The first-order chi connectivity index (χ1) is 18.5. The summed E-state index contributed by atoms with van der Waals surface area (Å²) in [6.45, 7) is 5.92. The lowest BCUT2D eigenvalue weighted by atomic mass is 9.98. The number of H-pyrrole nitrogens is 1. The van der Waals surface area contributed by atoms with Gasteiger partial charge < -0.3 is 10.3 Å². The molecule has 2 aliphatic rings. The molecule has 0 spiro atoms. The normalized spacial score (nSPS) is 16.1. The number of allylic oxidation sites excluding steroid dienone is 3. The van der Waals surface area contributed by atoms with Crippen molar-refractivity contribution in [2.24, 2.45) is 0 Å². The fourth-order valence-corrected chi connectivity index (χ4v) is 5.20. The Hall–Kier alpha value is -4.23. The molecule has 3 heterocycles. The van der Waals surface area contributed by atoms with Gasteiger partial charge in [-0.25, -0.2) is 0 Å². The Kier molecular flexibility index (Phi) is 6.52. The van der Waals surface area contributed by atoms with Crippen molar-refractivity contribution in [3.8, 4) is 0 Å². The molecule has 2 aromatic heterocycles. The van der Waals surface area contributed by atoms with Gasteiger partial charge in [-0.05, 0) is 68.3 Å². The summed E-state index contributed by atoms with van der Waals surface area (Å²) in [7, 11) is 0. The SMILES string of the molecule is Cc1ccc(Cn2cc(C(=O)NC3=CCC(=O)C(c4cc5cc(CN6CCCC6)ccc5[nH]4)=C3)cn2)cc1. The number of hydrogen-bond donors (Lipinski definition) is 2. The van der Waals surface area contributed by atoms with Gasteiger partial charge in [0.25, 0.3) is 5.91 Å². The first kappa shape index (κ1) is 24.1. The first-order valence-corrected chi connectivity index (χ1v) is 13.2. The zero-order valence-electron chi connectivity index (χ0n) is 21.5. The Balaban J connectivity index is 1.15. The van der Waals surface area contributed by atoms with Gasteiger partial charge in [0.05, 0.1) is 24.0 Å². The number of ketones is 1. The molecule has 1 fully saturated rings. The first-order valence-electron chi connectivity index (χ1n) is 13.2. The van der Waals surface area contributed by atoms with Crippen LogP contribution in [0.4, 0.5) is 0 Å². The van der Waals surface area contributed by atoms with Crippen molar-refractivity contribution >= 4 is 28.2 Å². The third kappa shape index (κ3) is 5.24. The number of hydrogen-bond acceptors (Lipinski definition) is 4. The van der Waals surface area contributed by atoms with Crippen LogP contribution in [0.1, 0.15) is 52.0 Å². The van der Waals surface area contributed by atoms with Crippen molar-refractivity contribution < 1.29 is 9.59 Å². The fraction of sp³-hybridized carbons (Fsp3) is 0.258.